The number of carbonyl (C=O) groups is 4. The number of halogens is 1. The SMILES string of the molecule is CO/N=C(\C(=O)N[C@@H]1C(=O)N2C(C(=O)O)=C(CCl)CS[C@H]12)c1csc(NC=O)n1. The van der Waals surface area contributed by atoms with Gasteiger partial charge in [0, 0.05) is 17.0 Å². The van der Waals surface area contributed by atoms with E-state index in [0.29, 0.717) is 17.7 Å². The highest BCUT2D eigenvalue weighted by Gasteiger charge is 2.54. The smallest absolute Gasteiger partial charge is 0.352 e. The summed E-state index contributed by atoms with van der Waals surface area (Å²) in [5.74, 6) is -2.21. The van der Waals surface area contributed by atoms with Crippen LogP contribution >= 0.6 is 34.7 Å². The molecule has 3 amide bonds. The summed E-state index contributed by atoms with van der Waals surface area (Å²) in [6.07, 6.45) is 0.445. The van der Waals surface area contributed by atoms with E-state index in [9.17, 15) is 24.3 Å². The van der Waals surface area contributed by atoms with Gasteiger partial charge in [-0.2, -0.15) is 0 Å². The zero-order valence-corrected chi connectivity index (χ0v) is 17.1. The number of nitrogens with one attached hydrogen (secondary N) is 2. The number of aromatic nitrogens is 1. The molecule has 0 saturated carbocycles. The van der Waals surface area contributed by atoms with E-state index in [0.717, 1.165) is 16.2 Å². The van der Waals surface area contributed by atoms with Crippen LogP contribution in [0.3, 0.4) is 0 Å². The lowest BCUT2D eigenvalue weighted by molar-refractivity contribution is -0.150. The number of amides is 3. The van der Waals surface area contributed by atoms with Gasteiger partial charge >= 0.3 is 5.97 Å². The van der Waals surface area contributed by atoms with E-state index in [1.54, 1.807) is 0 Å². The maximum Gasteiger partial charge on any atom is 0.352 e. The largest absolute Gasteiger partial charge is 0.477 e. The van der Waals surface area contributed by atoms with E-state index in [1.807, 2.05) is 0 Å². The molecule has 1 fully saturated rings. The number of nitrogens with zero attached hydrogens (tertiary/aromatic N) is 3. The van der Waals surface area contributed by atoms with Crippen molar-refractivity contribution in [2.45, 2.75) is 11.4 Å². The van der Waals surface area contributed by atoms with Gasteiger partial charge in [0.05, 0.1) is 0 Å². The van der Waals surface area contributed by atoms with Crippen LogP contribution in [0.15, 0.2) is 21.8 Å². The molecular weight excluding hydrogens is 446 g/mol. The second-order valence-electron chi connectivity index (χ2n) is 5.67. The number of alkyl halides is 1. The number of β-lactam (4-membered cyclic amide) rings is 1. The first kappa shape index (κ1) is 21.1. The molecule has 3 heterocycles. The van der Waals surface area contributed by atoms with Crippen molar-refractivity contribution >= 4 is 69.7 Å². The molecule has 0 unspecified atom stereocenters. The molecule has 3 rings (SSSR count). The fourth-order valence-electron chi connectivity index (χ4n) is 2.79. The first-order valence-electron chi connectivity index (χ1n) is 7.97. The molecule has 2 atom stereocenters. The van der Waals surface area contributed by atoms with E-state index in [-0.39, 0.29) is 28.1 Å². The number of thioether (sulfide) groups is 1. The zero-order chi connectivity index (χ0) is 21.1. The predicted molar refractivity (Wildman–Crippen MR) is 106 cm³/mol. The standard InChI is InChI=1S/C15H14ClN5O6S2/c1-27-20-8(7-4-29-15(18-7)17-5-22)11(23)19-9-12(24)21-10(14(25)26)6(2-16)3-28-13(9)21/h4-5,9,13H,2-3H2,1H3,(H,19,23)(H,25,26)(H,17,18,22)/b20-8-/t9-,13-/m1/s1. The summed E-state index contributed by atoms with van der Waals surface area (Å²) < 4.78 is 0. The summed E-state index contributed by atoms with van der Waals surface area (Å²) >= 11 is 8.17. The molecule has 0 aromatic carbocycles. The van der Waals surface area contributed by atoms with Crippen molar-refractivity contribution < 1.29 is 29.1 Å². The number of aliphatic carboxylic acids is 1. The molecule has 0 spiro atoms. The lowest BCUT2D eigenvalue weighted by Gasteiger charge is -2.49. The van der Waals surface area contributed by atoms with Gasteiger partial charge in [-0.25, -0.2) is 9.78 Å². The Balaban J connectivity index is 1.77. The number of hydrogen-bond donors (Lipinski definition) is 3. The number of thiazole rings is 1. The molecule has 14 heteroatoms. The van der Waals surface area contributed by atoms with E-state index in [2.05, 4.69) is 20.8 Å². The van der Waals surface area contributed by atoms with E-state index in [1.165, 1.54) is 24.3 Å². The van der Waals surface area contributed by atoms with Gasteiger partial charge in [-0.15, -0.1) is 34.7 Å². The highest BCUT2D eigenvalue weighted by Crippen LogP contribution is 2.40. The van der Waals surface area contributed by atoms with Crippen LogP contribution in [0.1, 0.15) is 5.69 Å². The molecule has 2 aliphatic heterocycles. The third-order valence-corrected chi connectivity index (χ3v) is 6.46. The fraction of sp³-hybridized carbons (Fsp3) is 0.333. The number of carboxylic acid groups (broad SMARTS) is 1. The lowest BCUT2D eigenvalue weighted by atomic mass is 10.0. The van der Waals surface area contributed by atoms with Crippen LogP contribution in [-0.2, 0) is 24.0 Å². The summed E-state index contributed by atoms with van der Waals surface area (Å²) in [5, 5.41) is 19.2. The van der Waals surface area contributed by atoms with Crippen LogP contribution in [0.2, 0.25) is 0 Å². The number of carbonyl (C=O) groups excluding carboxylic acids is 3. The molecule has 0 aliphatic carbocycles. The van der Waals surface area contributed by atoms with Gasteiger partial charge in [0.15, 0.2) is 10.8 Å². The van der Waals surface area contributed by atoms with Crippen molar-refractivity contribution in [3.8, 4) is 0 Å². The van der Waals surface area contributed by atoms with Crippen molar-refractivity contribution in [3.05, 3.63) is 22.3 Å². The average molecular weight is 460 g/mol. The minimum Gasteiger partial charge on any atom is -0.477 e. The third-order valence-electron chi connectivity index (χ3n) is 4.02. The molecule has 1 aromatic rings. The van der Waals surface area contributed by atoms with Crippen LogP contribution < -0.4 is 10.6 Å². The third kappa shape index (κ3) is 3.93. The maximum absolute atomic E-state index is 12.7. The summed E-state index contributed by atoms with van der Waals surface area (Å²) in [6, 6.07) is -0.938. The van der Waals surface area contributed by atoms with Gasteiger partial charge in [-0.3, -0.25) is 19.3 Å². The summed E-state index contributed by atoms with van der Waals surface area (Å²) in [4.78, 5) is 57.2. The van der Waals surface area contributed by atoms with Gasteiger partial charge in [0.1, 0.15) is 29.9 Å². The minimum atomic E-state index is -1.25. The molecule has 2 aliphatic rings. The number of hydrogen-bond acceptors (Lipinski definition) is 9. The molecule has 29 heavy (non-hydrogen) atoms. The normalized spacial score (nSPS) is 21.2. The topological polar surface area (TPSA) is 150 Å². The lowest BCUT2D eigenvalue weighted by Crippen LogP contribution is -2.71. The van der Waals surface area contributed by atoms with Gasteiger partial charge in [-0.1, -0.05) is 5.16 Å². The van der Waals surface area contributed by atoms with Crippen molar-refractivity contribution in [2.75, 3.05) is 24.1 Å². The number of carboxylic acids is 1. The average Bonchev–Trinajstić information content (AvgIpc) is 3.17. The fourth-order valence-corrected chi connectivity index (χ4v) is 5.12. The molecule has 0 bridgehead atoms. The van der Waals surface area contributed by atoms with Crippen LogP contribution in [-0.4, -0.2) is 75.1 Å². The number of fused-ring (bicyclic) bond motifs is 1. The molecule has 0 radical (unpaired) electrons. The van der Waals surface area contributed by atoms with Crippen LogP contribution in [0.4, 0.5) is 5.13 Å². The van der Waals surface area contributed by atoms with Crippen LogP contribution in [0.25, 0.3) is 0 Å². The van der Waals surface area contributed by atoms with Gasteiger partial charge < -0.3 is 20.6 Å². The first-order chi connectivity index (χ1) is 13.9. The molecule has 1 saturated heterocycles. The highest BCUT2D eigenvalue weighted by molar-refractivity contribution is 8.00. The number of oxime groups is 1. The Morgan fingerprint density at radius 3 is 2.93 bits per heavy atom. The monoisotopic (exact) mass is 459 g/mol. The van der Waals surface area contributed by atoms with Gasteiger partial charge in [0.25, 0.3) is 11.8 Å². The van der Waals surface area contributed by atoms with Gasteiger partial charge in [-0.05, 0) is 5.57 Å². The molecular formula is C15H14ClN5O6S2. The summed E-state index contributed by atoms with van der Waals surface area (Å²) in [6.45, 7) is 0. The summed E-state index contributed by atoms with van der Waals surface area (Å²) in [5.41, 5.74) is 0.256. The second kappa shape index (κ2) is 8.80. The second-order valence-corrected chi connectivity index (χ2v) is 7.90. The van der Waals surface area contributed by atoms with E-state index < -0.39 is 29.2 Å². The Hall–Kier alpha value is -2.64. The van der Waals surface area contributed by atoms with Crippen LogP contribution in [0.5, 0.6) is 0 Å². The van der Waals surface area contributed by atoms with Crippen molar-refractivity contribution in [3.63, 3.8) is 0 Å². The Labute approximate surface area is 177 Å². The first-order valence-corrected chi connectivity index (χ1v) is 10.4. The van der Waals surface area contributed by atoms with E-state index >= 15 is 0 Å². The van der Waals surface area contributed by atoms with Crippen molar-refractivity contribution in [1.29, 1.82) is 0 Å². The molecule has 154 valence electrons. The zero-order valence-electron chi connectivity index (χ0n) is 14.7. The quantitative estimate of drug-likeness (QED) is 0.162. The Kier molecular flexibility index (Phi) is 6.39. The number of anilines is 1. The molecule has 3 N–H and O–H groups in total. The maximum atomic E-state index is 12.7. The Morgan fingerprint density at radius 1 is 1.55 bits per heavy atom. The van der Waals surface area contributed by atoms with Crippen molar-refractivity contribution in [2.24, 2.45) is 5.16 Å². The van der Waals surface area contributed by atoms with Crippen molar-refractivity contribution in [1.82, 2.24) is 15.2 Å². The molecule has 11 nitrogen and oxygen atoms in total. The molecule has 1 aromatic heterocycles. The summed E-state index contributed by atoms with van der Waals surface area (Å²) in [7, 11) is 1.25. The van der Waals surface area contributed by atoms with E-state index in [4.69, 9.17) is 16.4 Å². The number of rotatable bonds is 8. The Morgan fingerprint density at radius 2 is 2.31 bits per heavy atom. The van der Waals surface area contributed by atoms with Crippen LogP contribution in [0, 0.1) is 0 Å². The van der Waals surface area contributed by atoms with Gasteiger partial charge in [0.2, 0.25) is 6.41 Å². The highest BCUT2D eigenvalue weighted by atomic mass is 35.5. The Bertz CT molecular complexity index is 932. The predicted octanol–water partition coefficient (Wildman–Crippen LogP) is 0.0393. The minimum absolute atomic E-state index is 0.00616.